The predicted octanol–water partition coefficient (Wildman–Crippen LogP) is 1.83. The molecule has 2 amide bonds. The number of nitrogens with zero attached hydrogens (tertiary/aromatic N) is 1. The monoisotopic (exact) mass is 330 g/mol. The first-order chi connectivity index (χ1) is 11.4. The van der Waals surface area contributed by atoms with Gasteiger partial charge >= 0.3 is 5.97 Å². The second kappa shape index (κ2) is 6.26. The first-order valence-corrected chi connectivity index (χ1v) is 8.30. The fourth-order valence-corrected chi connectivity index (χ4v) is 3.39. The molecule has 0 aliphatic carbocycles. The van der Waals surface area contributed by atoms with Gasteiger partial charge in [0.2, 0.25) is 11.8 Å². The molecule has 2 aliphatic heterocycles. The Bertz CT molecular complexity index is 700. The van der Waals surface area contributed by atoms with Crippen molar-refractivity contribution in [3.8, 4) is 0 Å². The van der Waals surface area contributed by atoms with Crippen molar-refractivity contribution in [3.63, 3.8) is 0 Å². The molecule has 3 rings (SSSR count). The standard InChI is InChI=1S/C18H22N2O4/c1-18(17(23)24)7-8-20(11-18)16(22)4-2-3-12-5-6-14-13(9-12)10-15(21)19-14/h5-6,9H,2-4,7-8,10-11H2,1H3,(H,19,21)(H,23,24). The fraction of sp³-hybridized carbons (Fsp3) is 0.500. The van der Waals surface area contributed by atoms with Crippen molar-refractivity contribution < 1.29 is 19.5 Å². The van der Waals surface area contributed by atoms with Gasteiger partial charge in [-0.05, 0) is 43.4 Å². The average Bonchev–Trinajstić information content (AvgIpc) is 3.10. The number of aryl methyl sites for hydroxylation is 1. The van der Waals surface area contributed by atoms with Crippen molar-refractivity contribution >= 4 is 23.5 Å². The van der Waals surface area contributed by atoms with Crippen molar-refractivity contribution in [1.29, 1.82) is 0 Å². The van der Waals surface area contributed by atoms with Crippen LogP contribution in [0.4, 0.5) is 5.69 Å². The number of carbonyl (C=O) groups excluding carboxylic acids is 2. The van der Waals surface area contributed by atoms with Crippen LogP contribution in [-0.2, 0) is 27.2 Å². The van der Waals surface area contributed by atoms with Crippen LogP contribution >= 0.6 is 0 Å². The maximum absolute atomic E-state index is 12.3. The SMILES string of the molecule is CC1(C(=O)O)CCN(C(=O)CCCc2ccc3c(c2)CC(=O)N3)C1. The number of hydrogen-bond acceptors (Lipinski definition) is 3. The maximum atomic E-state index is 12.3. The lowest BCUT2D eigenvalue weighted by Gasteiger charge is -2.20. The molecule has 0 aromatic heterocycles. The molecule has 6 heteroatoms. The van der Waals surface area contributed by atoms with Crippen LogP contribution in [0.3, 0.4) is 0 Å². The largest absolute Gasteiger partial charge is 0.481 e. The Hall–Kier alpha value is -2.37. The van der Waals surface area contributed by atoms with Crippen molar-refractivity contribution in [2.75, 3.05) is 18.4 Å². The van der Waals surface area contributed by atoms with Crippen LogP contribution in [0.25, 0.3) is 0 Å². The molecule has 2 N–H and O–H groups in total. The highest BCUT2D eigenvalue weighted by Gasteiger charge is 2.41. The zero-order valence-corrected chi connectivity index (χ0v) is 13.8. The van der Waals surface area contributed by atoms with Gasteiger partial charge in [0.25, 0.3) is 0 Å². The Balaban J connectivity index is 1.49. The van der Waals surface area contributed by atoms with Crippen LogP contribution < -0.4 is 5.32 Å². The highest BCUT2D eigenvalue weighted by molar-refractivity contribution is 5.99. The second-order valence-electron chi connectivity index (χ2n) is 7.00. The highest BCUT2D eigenvalue weighted by Crippen LogP contribution is 2.30. The summed E-state index contributed by atoms with van der Waals surface area (Å²) < 4.78 is 0. The molecule has 1 unspecified atom stereocenters. The van der Waals surface area contributed by atoms with Crippen molar-refractivity contribution in [3.05, 3.63) is 29.3 Å². The smallest absolute Gasteiger partial charge is 0.311 e. The first-order valence-electron chi connectivity index (χ1n) is 8.30. The molecule has 128 valence electrons. The zero-order valence-electron chi connectivity index (χ0n) is 13.8. The van der Waals surface area contributed by atoms with Crippen LogP contribution in [0.15, 0.2) is 18.2 Å². The van der Waals surface area contributed by atoms with Crippen molar-refractivity contribution in [2.45, 2.75) is 39.0 Å². The van der Waals surface area contributed by atoms with Gasteiger partial charge in [-0.1, -0.05) is 12.1 Å². The third-order valence-corrected chi connectivity index (χ3v) is 4.99. The van der Waals surface area contributed by atoms with Crippen LogP contribution in [-0.4, -0.2) is 40.9 Å². The topological polar surface area (TPSA) is 86.7 Å². The fourth-order valence-electron chi connectivity index (χ4n) is 3.39. The molecule has 1 aromatic carbocycles. The maximum Gasteiger partial charge on any atom is 0.311 e. The number of likely N-dealkylation sites (tertiary alicyclic amines) is 1. The summed E-state index contributed by atoms with van der Waals surface area (Å²) in [6.07, 6.45) is 2.85. The minimum absolute atomic E-state index is 0.0211. The number of benzene rings is 1. The highest BCUT2D eigenvalue weighted by atomic mass is 16.4. The summed E-state index contributed by atoms with van der Waals surface area (Å²) in [6.45, 7) is 2.52. The van der Waals surface area contributed by atoms with E-state index in [0.29, 0.717) is 32.4 Å². The second-order valence-corrected chi connectivity index (χ2v) is 7.00. The van der Waals surface area contributed by atoms with Gasteiger partial charge in [-0.3, -0.25) is 14.4 Å². The predicted molar refractivity (Wildman–Crippen MR) is 88.7 cm³/mol. The van der Waals surface area contributed by atoms with Gasteiger partial charge in [0.15, 0.2) is 0 Å². The number of carboxylic acid groups (broad SMARTS) is 1. The lowest BCUT2D eigenvalue weighted by Crippen LogP contribution is -2.34. The number of carbonyl (C=O) groups is 3. The van der Waals surface area contributed by atoms with E-state index in [1.807, 2.05) is 18.2 Å². The first kappa shape index (κ1) is 16.5. The van der Waals surface area contributed by atoms with E-state index in [1.165, 1.54) is 0 Å². The third kappa shape index (κ3) is 3.27. The van der Waals surface area contributed by atoms with E-state index in [2.05, 4.69) is 5.32 Å². The van der Waals surface area contributed by atoms with E-state index in [-0.39, 0.29) is 11.8 Å². The molecule has 24 heavy (non-hydrogen) atoms. The minimum Gasteiger partial charge on any atom is -0.481 e. The molecule has 0 radical (unpaired) electrons. The number of fused-ring (bicyclic) bond motifs is 1. The molecule has 2 heterocycles. The number of nitrogens with one attached hydrogen (secondary N) is 1. The molecular weight excluding hydrogens is 308 g/mol. The summed E-state index contributed by atoms with van der Waals surface area (Å²) in [5.74, 6) is -0.787. The van der Waals surface area contributed by atoms with Crippen molar-refractivity contribution in [1.82, 2.24) is 4.90 Å². The van der Waals surface area contributed by atoms with Crippen molar-refractivity contribution in [2.24, 2.45) is 5.41 Å². The molecule has 1 atom stereocenters. The number of hydrogen-bond donors (Lipinski definition) is 2. The van der Waals surface area contributed by atoms with Gasteiger partial charge in [0.05, 0.1) is 11.8 Å². The van der Waals surface area contributed by atoms with Gasteiger partial charge < -0.3 is 15.3 Å². The number of carboxylic acids is 1. The van der Waals surface area contributed by atoms with Crippen LogP contribution in [0.2, 0.25) is 0 Å². The summed E-state index contributed by atoms with van der Waals surface area (Å²) in [5, 5.41) is 12.0. The summed E-state index contributed by atoms with van der Waals surface area (Å²) in [7, 11) is 0. The summed E-state index contributed by atoms with van der Waals surface area (Å²) >= 11 is 0. The lowest BCUT2D eigenvalue weighted by molar-refractivity contribution is -0.147. The molecule has 0 spiro atoms. The molecular formula is C18H22N2O4. The Morgan fingerprint density at radius 1 is 1.38 bits per heavy atom. The molecule has 6 nitrogen and oxygen atoms in total. The van der Waals surface area contributed by atoms with E-state index in [9.17, 15) is 19.5 Å². The summed E-state index contributed by atoms with van der Waals surface area (Å²) in [5.41, 5.74) is 2.20. The Morgan fingerprint density at radius 3 is 2.88 bits per heavy atom. The number of amides is 2. The molecule has 2 aliphatic rings. The summed E-state index contributed by atoms with van der Waals surface area (Å²) in [6, 6.07) is 5.91. The Kier molecular flexibility index (Phi) is 4.30. The Morgan fingerprint density at radius 2 is 2.17 bits per heavy atom. The van der Waals surface area contributed by atoms with Crippen LogP contribution in [0, 0.1) is 5.41 Å². The number of rotatable bonds is 5. The minimum atomic E-state index is -0.834. The summed E-state index contributed by atoms with van der Waals surface area (Å²) in [4.78, 5) is 36.5. The molecule has 1 aromatic rings. The Labute approximate surface area is 140 Å². The van der Waals surface area contributed by atoms with E-state index in [4.69, 9.17) is 0 Å². The quantitative estimate of drug-likeness (QED) is 0.862. The van der Waals surface area contributed by atoms with Gasteiger partial charge in [0, 0.05) is 25.2 Å². The normalized spacial score (nSPS) is 22.4. The van der Waals surface area contributed by atoms with E-state index < -0.39 is 11.4 Å². The van der Waals surface area contributed by atoms with E-state index in [1.54, 1.807) is 11.8 Å². The van der Waals surface area contributed by atoms with E-state index >= 15 is 0 Å². The average molecular weight is 330 g/mol. The van der Waals surface area contributed by atoms with Gasteiger partial charge in [0.1, 0.15) is 0 Å². The van der Waals surface area contributed by atoms with Crippen LogP contribution in [0.1, 0.15) is 37.3 Å². The van der Waals surface area contributed by atoms with E-state index in [0.717, 1.165) is 29.7 Å². The molecule has 1 fully saturated rings. The van der Waals surface area contributed by atoms with Gasteiger partial charge in [-0.25, -0.2) is 0 Å². The zero-order chi connectivity index (χ0) is 17.3. The van der Waals surface area contributed by atoms with Crippen LogP contribution in [0.5, 0.6) is 0 Å². The molecule has 0 bridgehead atoms. The molecule has 1 saturated heterocycles. The number of aliphatic carboxylic acids is 1. The van der Waals surface area contributed by atoms with Gasteiger partial charge in [-0.2, -0.15) is 0 Å². The van der Waals surface area contributed by atoms with Gasteiger partial charge in [-0.15, -0.1) is 0 Å². The third-order valence-electron chi connectivity index (χ3n) is 4.99. The molecule has 0 saturated carbocycles. The lowest BCUT2D eigenvalue weighted by atomic mass is 9.90. The number of anilines is 1.